The first-order valence-electron chi connectivity index (χ1n) is 8.89. The van der Waals surface area contributed by atoms with Gasteiger partial charge in [0.05, 0.1) is 0 Å². The Morgan fingerprint density at radius 1 is 1.32 bits per heavy atom. The van der Waals surface area contributed by atoms with E-state index in [0.717, 1.165) is 11.9 Å². The van der Waals surface area contributed by atoms with Crippen molar-refractivity contribution in [2.75, 3.05) is 6.54 Å². The smallest absolute Gasteiger partial charge is 0.246 e. The molecule has 25 heavy (non-hydrogen) atoms. The molecule has 1 fully saturated rings. The summed E-state index contributed by atoms with van der Waals surface area (Å²) in [5.41, 5.74) is 1.19. The first-order valence-corrected chi connectivity index (χ1v) is 8.89. The van der Waals surface area contributed by atoms with E-state index in [4.69, 9.17) is 0 Å². The van der Waals surface area contributed by atoms with Gasteiger partial charge in [0.1, 0.15) is 5.54 Å². The first kappa shape index (κ1) is 17.5. The number of nitrogens with one attached hydrogen (secondary N) is 2. The Bertz CT molecular complexity index is 803. The fourth-order valence-corrected chi connectivity index (χ4v) is 3.55. The van der Waals surface area contributed by atoms with Gasteiger partial charge in [-0.3, -0.25) is 9.59 Å². The number of H-pyrrole nitrogens is 1. The highest BCUT2D eigenvalue weighted by molar-refractivity contribution is 5.94. The zero-order valence-electron chi connectivity index (χ0n) is 15.5. The number of aromatic nitrogens is 1. The number of nitrogens with zero attached hydrogens (tertiary/aromatic N) is 1. The quantitative estimate of drug-likeness (QED) is 0.898. The predicted octanol–water partition coefficient (Wildman–Crippen LogP) is 3.01. The Labute approximate surface area is 148 Å². The molecule has 1 saturated heterocycles. The number of hydrogen-bond donors (Lipinski definition) is 2. The summed E-state index contributed by atoms with van der Waals surface area (Å²) in [5.74, 6) is -0.00354. The lowest BCUT2D eigenvalue weighted by Gasteiger charge is -2.36. The lowest BCUT2D eigenvalue weighted by atomic mass is 9.95. The molecular formula is C20H27N3O2. The summed E-state index contributed by atoms with van der Waals surface area (Å²) in [6.07, 6.45) is 3.73. The molecule has 1 aliphatic heterocycles. The van der Waals surface area contributed by atoms with Gasteiger partial charge in [-0.1, -0.05) is 18.2 Å². The number of rotatable bonds is 4. The summed E-state index contributed by atoms with van der Waals surface area (Å²) in [6, 6.07) is 8.14. The first-order chi connectivity index (χ1) is 11.7. The molecule has 1 aromatic heterocycles. The number of benzene rings is 1. The van der Waals surface area contributed by atoms with E-state index in [1.54, 1.807) is 4.90 Å². The fourth-order valence-electron chi connectivity index (χ4n) is 3.55. The minimum absolute atomic E-state index is 0.0615. The molecule has 1 aromatic carbocycles. The second-order valence-corrected chi connectivity index (χ2v) is 8.13. The molecule has 1 unspecified atom stereocenters. The maximum atomic E-state index is 12.8. The average molecular weight is 341 g/mol. The summed E-state index contributed by atoms with van der Waals surface area (Å²) in [5, 5.41) is 4.21. The number of aromatic amines is 1. The van der Waals surface area contributed by atoms with Crippen LogP contribution in [0.1, 0.15) is 46.1 Å². The zero-order chi connectivity index (χ0) is 18.2. The van der Waals surface area contributed by atoms with Crippen LogP contribution in [0.15, 0.2) is 30.5 Å². The summed E-state index contributed by atoms with van der Waals surface area (Å²) in [7, 11) is 0. The van der Waals surface area contributed by atoms with Crippen LogP contribution in [0.2, 0.25) is 0 Å². The van der Waals surface area contributed by atoms with Gasteiger partial charge >= 0.3 is 0 Å². The number of amides is 2. The third-order valence-electron chi connectivity index (χ3n) is 4.98. The number of hydrogen-bond acceptors (Lipinski definition) is 2. The van der Waals surface area contributed by atoms with Gasteiger partial charge in [0.25, 0.3) is 0 Å². The standard InChI is InChI=1S/C20H27N3O2/c1-19(2,3)22-18(25)20(4)11-9-17(24)23(20)12-10-14-13-21-16-8-6-5-7-15(14)16/h5-8,13,21H,9-12H2,1-4H3,(H,22,25). The molecule has 0 radical (unpaired) electrons. The number of carbonyl (C=O) groups is 2. The van der Waals surface area contributed by atoms with E-state index in [1.165, 1.54) is 10.9 Å². The topological polar surface area (TPSA) is 65.2 Å². The van der Waals surface area contributed by atoms with Gasteiger partial charge in [-0.25, -0.2) is 0 Å². The van der Waals surface area contributed by atoms with Crippen LogP contribution in [0.4, 0.5) is 0 Å². The summed E-state index contributed by atoms with van der Waals surface area (Å²) in [6.45, 7) is 8.31. The number of likely N-dealkylation sites (tertiary alicyclic amines) is 1. The predicted molar refractivity (Wildman–Crippen MR) is 99.3 cm³/mol. The van der Waals surface area contributed by atoms with Crippen molar-refractivity contribution in [1.82, 2.24) is 15.2 Å². The highest BCUT2D eigenvalue weighted by Gasteiger charge is 2.47. The molecule has 2 heterocycles. The van der Waals surface area contributed by atoms with Crippen LogP contribution < -0.4 is 5.32 Å². The molecule has 0 aliphatic carbocycles. The number of carbonyl (C=O) groups excluding carboxylic acids is 2. The monoisotopic (exact) mass is 341 g/mol. The van der Waals surface area contributed by atoms with E-state index in [0.29, 0.717) is 19.4 Å². The fraction of sp³-hybridized carbons (Fsp3) is 0.500. The Kier molecular flexibility index (Phi) is 4.35. The molecule has 1 atom stereocenters. The van der Waals surface area contributed by atoms with E-state index < -0.39 is 5.54 Å². The van der Waals surface area contributed by atoms with Crippen LogP contribution in [0, 0.1) is 0 Å². The molecule has 134 valence electrons. The highest BCUT2D eigenvalue weighted by atomic mass is 16.2. The van der Waals surface area contributed by atoms with E-state index in [9.17, 15) is 9.59 Å². The van der Waals surface area contributed by atoms with Gasteiger partial charge in [0.2, 0.25) is 11.8 Å². The second kappa shape index (κ2) is 6.21. The number of fused-ring (bicyclic) bond motifs is 1. The lowest BCUT2D eigenvalue weighted by Crippen LogP contribution is -2.58. The molecule has 2 aromatic rings. The molecule has 3 rings (SSSR count). The van der Waals surface area contributed by atoms with Crippen LogP contribution in [0.3, 0.4) is 0 Å². The molecule has 0 bridgehead atoms. The van der Waals surface area contributed by atoms with Crippen molar-refractivity contribution in [3.8, 4) is 0 Å². The van der Waals surface area contributed by atoms with Gasteiger partial charge < -0.3 is 15.2 Å². The zero-order valence-corrected chi connectivity index (χ0v) is 15.5. The van der Waals surface area contributed by atoms with E-state index >= 15 is 0 Å². The Morgan fingerprint density at radius 2 is 2.04 bits per heavy atom. The molecule has 1 aliphatic rings. The maximum Gasteiger partial charge on any atom is 0.246 e. The second-order valence-electron chi connectivity index (χ2n) is 8.13. The van der Waals surface area contributed by atoms with Gasteiger partial charge in [-0.2, -0.15) is 0 Å². The molecule has 2 amide bonds. The van der Waals surface area contributed by atoms with E-state index in [1.807, 2.05) is 52.1 Å². The summed E-state index contributed by atoms with van der Waals surface area (Å²) < 4.78 is 0. The van der Waals surface area contributed by atoms with Gasteiger partial charge in [0, 0.05) is 35.6 Å². The minimum atomic E-state index is -0.767. The average Bonchev–Trinajstić information content (AvgIpc) is 3.07. The van der Waals surface area contributed by atoms with Crippen molar-refractivity contribution in [2.24, 2.45) is 0 Å². The highest BCUT2D eigenvalue weighted by Crippen LogP contribution is 2.31. The Morgan fingerprint density at radius 3 is 2.76 bits per heavy atom. The molecule has 0 saturated carbocycles. The Hall–Kier alpha value is -2.30. The van der Waals surface area contributed by atoms with Crippen LogP contribution in [0.25, 0.3) is 10.9 Å². The van der Waals surface area contributed by atoms with Crippen molar-refractivity contribution in [1.29, 1.82) is 0 Å². The number of para-hydroxylation sites is 1. The van der Waals surface area contributed by atoms with E-state index in [-0.39, 0.29) is 17.4 Å². The molecule has 5 nitrogen and oxygen atoms in total. The molecule has 0 spiro atoms. The maximum absolute atomic E-state index is 12.8. The van der Waals surface area contributed by atoms with Crippen LogP contribution in [-0.2, 0) is 16.0 Å². The van der Waals surface area contributed by atoms with Crippen molar-refractivity contribution in [3.63, 3.8) is 0 Å². The van der Waals surface area contributed by atoms with E-state index in [2.05, 4.69) is 16.4 Å². The van der Waals surface area contributed by atoms with Crippen molar-refractivity contribution < 1.29 is 9.59 Å². The SMILES string of the molecule is CC(C)(C)NC(=O)C1(C)CCC(=O)N1CCc1c[nH]c2ccccc12. The molecule has 2 N–H and O–H groups in total. The molecule has 5 heteroatoms. The van der Waals surface area contributed by atoms with Gasteiger partial charge in [0.15, 0.2) is 0 Å². The normalized spacial score (nSPS) is 21.1. The van der Waals surface area contributed by atoms with Crippen LogP contribution >= 0.6 is 0 Å². The summed E-state index contributed by atoms with van der Waals surface area (Å²) in [4.78, 5) is 30.2. The Balaban J connectivity index is 1.77. The van der Waals surface area contributed by atoms with Crippen molar-refractivity contribution >= 4 is 22.7 Å². The van der Waals surface area contributed by atoms with Crippen molar-refractivity contribution in [3.05, 3.63) is 36.0 Å². The van der Waals surface area contributed by atoms with Crippen LogP contribution in [0.5, 0.6) is 0 Å². The van der Waals surface area contributed by atoms with Crippen molar-refractivity contribution in [2.45, 2.75) is 58.0 Å². The molecular weight excluding hydrogens is 314 g/mol. The van der Waals surface area contributed by atoms with Crippen LogP contribution in [-0.4, -0.2) is 39.3 Å². The lowest BCUT2D eigenvalue weighted by molar-refractivity contribution is -0.141. The largest absolute Gasteiger partial charge is 0.361 e. The summed E-state index contributed by atoms with van der Waals surface area (Å²) >= 11 is 0. The van der Waals surface area contributed by atoms with Gasteiger partial charge in [-0.05, 0) is 52.2 Å². The minimum Gasteiger partial charge on any atom is -0.361 e. The third-order valence-corrected chi connectivity index (χ3v) is 4.98. The van der Waals surface area contributed by atoms with Gasteiger partial charge in [-0.15, -0.1) is 0 Å². The third kappa shape index (κ3) is 3.41.